The van der Waals surface area contributed by atoms with Crippen molar-refractivity contribution in [3.05, 3.63) is 29.8 Å². The first-order chi connectivity index (χ1) is 12.1. The fraction of sp³-hybridized carbons (Fsp3) is 0.600. The van der Waals surface area contributed by atoms with Crippen molar-refractivity contribution in [2.45, 2.75) is 45.1 Å². The van der Waals surface area contributed by atoms with Crippen molar-refractivity contribution in [2.75, 3.05) is 32.8 Å². The zero-order chi connectivity index (χ0) is 17.6. The van der Waals surface area contributed by atoms with Crippen LogP contribution >= 0.6 is 12.4 Å². The van der Waals surface area contributed by atoms with Gasteiger partial charge in [-0.05, 0) is 63.4 Å². The van der Waals surface area contributed by atoms with Gasteiger partial charge in [0.2, 0.25) is 5.91 Å². The summed E-state index contributed by atoms with van der Waals surface area (Å²) >= 11 is 0. The summed E-state index contributed by atoms with van der Waals surface area (Å²) in [6.07, 6.45) is 5.05. The number of likely N-dealkylation sites (tertiary alicyclic amines) is 2. The fourth-order valence-electron chi connectivity index (χ4n) is 3.66. The molecule has 2 fully saturated rings. The van der Waals surface area contributed by atoms with Crippen LogP contribution < -0.4 is 4.74 Å². The first-order valence-corrected chi connectivity index (χ1v) is 9.41. The van der Waals surface area contributed by atoms with Crippen LogP contribution in [0.2, 0.25) is 0 Å². The van der Waals surface area contributed by atoms with E-state index in [0.29, 0.717) is 31.2 Å². The van der Waals surface area contributed by atoms with Crippen LogP contribution in [0.15, 0.2) is 24.3 Å². The number of ether oxygens (including phenoxy) is 1. The molecule has 2 saturated heterocycles. The van der Waals surface area contributed by atoms with E-state index in [0.717, 1.165) is 25.1 Å². The summed E-state index contributed by atoms with van der Waals surface area (Å²) in [5.41, 5.74) is 0.637. The standard InChI is InChI=1S/C20H28N2O3.ClH/c1-16-5-2-11-21(16)13-4-14-25-18-9-7-17(8-10-18)19(23)15-22-12-3-6-20(22)24;/h7-10,16H,2-6,11-15H2,1H3;1H. The molecule has 26 heavy (non-hydrogen) atoms. The number of halogens is 1. The second-order valence-electron chi connectivity index (χ2n) is 7.10. The molecule has 6 heteroatoms. The smallest absolute Gasteiger partial charge is 0.223 e. The van der Waals surface area contributed by atoms with Crippen LogP contribution in [0.3, 0.4) is 0 Å². The quantitative estimate of drug-likeness (QED) is 0.513. The zero-order valence-corrected chi connectivity index (χ0v) is 16.3. The van der Waals surface area contributed by atoms with E-state index in [1.807, 2.05) is 12.1 Å². The van der Waals surface area contributed by atoms with Gasteiger partial charge in [0.15, 0.2) is 5.78 Å². The Morgan fingerprint density at radius 2 is 1.96 bits per heavy atom. The summed E-state index contributed by atoms with van der Waals surface area (Å²) < 4.78 is 5.78. The molecule has 0 bridgehead atoms. The third-order valence-electron chi connectivity index (χ3n) is 5.23. The van der Waals surface area contributed by atoms with Crippen molar-refractivity contribution >= 4 is 24.1 Å². The molecule has 1 aromatic rings. The number of amides is 1. The van der Waals surface area contributed by atoms with Crippen LogP contribution in [-0.4, -0.2) is 60.3 Å². The highest BCUT2D eigenvalue weighted by Gasteiger charge is 2.23. The summed E-state index contributed by atoms with van der Waals surface area (Å²) in [6.45, 7) is 6.16. The van der Waals surface area contributed by atoms with Crippen LogP contribution in [0.4, 0.5) is 0 Å². The Labute approximate surface area is 162 Å². The lowest BCUT2D eigenvalue weighted by atomic mass is 10.1. The largest absolute Gasteiger partial charge is 0.494 e. The molecule has 5 nitrogen and oxygen atoms in total. The van der Waals surface area contributed by atoms with Crippen molar-refractivity contribution in [1.29, 1.82) is 0 Å². The number of nitrogens with zero attached hydrogens (tertiary/aromatic N) is 2. The topological polar surface area (TPSA) is 49.9 Å². The number of ketones is 1. The van der Waals surface area contributed by atoms with Gasteiger partial charge < -0.3 is 14.5 Å². The van der Waals surface area contributed by atoms with Crippen molar-refractivity contribution in [3.8, 4) is 5.75 Å². The number of Topliss-reactive ketones (excluding diaryl/α,β-unsaturated/α-hetero) is 1. The molecule has 2 heterocycles. The minimum absolute atomic E-state index is 0. The minimum Gasteiger partial charge on any atom is -0.494 e. The molecule has 0 spiro atoms. The molecule has 0 saturated carbocycles. The van der Waals surface area contributed by atoms with Crippen molar-refractivity contribution in [1.82, 2.24) is 9.80 Å². The first kappa shape index (κ1) is 20.7. The average Bonchev–Trinajstić information content (AvgIpc) is 3.21. The van der Waals surface area contributed by atoms with Gasteiger partial charge in [-0.2, -0.15) is 0 Å². The molecule has 1 aromatic carbocycles. The van der Waals surface area contributed by atoms with Gasteiger partial charge >= 0.3 is 0 Å². The SMILES string of the molecule is CC1CCCN1CCCOc1ccc(C(=O)CN2CCCC2=O)cc1.Cl. The minimum atomic E-state index is -0.00942. The van der Waals surface area contributed by atoms with Gasteiger partial charge in [-0.1, -0.05) is 0 Å². The van der Waals surface area contributed by atoms with E-state index in [-0.39, 0.29) is 30.6 Å². The second-order valence-corrected chi connectivity index (χ2v) is 7.10. The Morgan fingerprint density at radius 3 is 2.58 bits per heavy atom. The Morgan fingerprint density at radius 1 is 1.19 bits per heavy atom. The predicted octanol–water partition coefficient (Wildman–Crippen LogP) is 3.17. The monoisotopic (exact) mass is 380 g/mol. The van der Waals surface area contributed by atoms with E-state index in [4.69, 9.17) is 4.74 Å². The molecule has 144 valence electrons. The van der Waals surface area contributed by atoms with Crippen molar-refractivity contribution in [3.63, 3.8) is 0 Å². The lowest BCUT2D eigenvalue weighted by Crippen LogP contribution is -2.30. The van der Waals surface area contributed by atoms with Gasteiger partial charge in [0, 0.05) is 31.1 Å². The highest BCUT2D eigenvalue weighted by Crippen LogP contribution is 2.17. The summed E-state index contributed by atoms with van der Waals surface area (Å²) in [5, 5.41) is 0. The molecule has 1 unspecified atom stereocenters. The van der Waals surface area contributed by atoms with Gasteiger partial charge in [-0.15, -0.1) is 12.4 Å². The van der Waals surface area contributed by atoms with Crippen molar-refractivity contribution in [2.24, 2.45) is 0 Å². The summed E-state index contributed by atoms with van der Waals surface area (Å²) in [6, 6.07) is 7.98. The normalized spacial score (nSPS) is 20.3. The van der Waals surface area contributed by atoms with E-state index in [2.05, 4.69) is 11.8 Å². The van der Waals surface area contributed by atoms with Gasteiger partial charge in [0.1, 0.15) is 5.75 Å². The van der Waals surface area contributed by atoms with Crippen LogP contribution in [0.25, 0.3) is 0 Å². The Kier molecular flexibility index (Phi) is 7.91. The molecule has 0 aromatic heterocycles. The maximum absolute atomic E-state index is 12.3. The van der Waals surface area contributed by atoms with Crippen molar-refractivity contribution < 1.29 is 14.3 Å². The molecular formula is C20H29ClN2O3. The number of carbonyl (C=O) groups is 2. The lowest BCUT2D eigenvalue weighted by Gasteiger charge is -2.20. The van der Waals surface area contributed by atoms with Gasteiger partial charge in [0.05, 0.1) is 13.2 Å². The van der Waals surface area contributed by atoms with Crippen LogP contribution in [-0.2, 0) is 4.79 Å². The predicted molar refractivity (Wildman–Crippen MR) is 104 cm³/mol. The summed E-state index contributed by atoms with van der Waals surface area (Å²) in [4.78, 5) is 28.0. The number of benzene rings is 1. The van der Waals surface area contributed by atoms with Gasteiger partial charge in [-0.25, -0.2) is 0 Å². The Bertz CT molecular complexity index is 606. The highest BCUT2D eigenvalue weighted by molar-refractivity contribution is 5.99. The number of carbonyl (C=O) groups excluding carboxylic acids is 2. The van der Waals surface area contributed by atoms with E-state index >= 15 is 0 Å². The lowest BCUT2D eigenvalue weighted by molar-refractivity contribution is -0.127. The molecule has 0 radical (unpaired) electrons. The molecular weight excluding hydrogens is 352 g/mol. The third-order valence-corrected chi connectivity index (χ3v) is 5.23. The second kappa shape index (κ2) is 9.93. The molecule has 2 aliphatic heterocycles. The van der Waals surface area contributed by atoms with E-state index < -0.39 is 0 Å². The molecule has 2 aliphatic rings. The molecule has 0 aliphatic carbocycles. The maximum atomic E-state index is 12.3. The molecule has 0 N–H and O–H groups in total. The third kappa shape index (κ3) is 5.45. The molecule has 1 atom stereocenters. The van der Waals surface area contributed by atoms with E-state index in [1.165, 1.54) is 19.4 Å². The fourth-order valence-corrected chi connectivity index (χ4v) is 3.66. The Balaban J connectivity index is 0.00000243. The highest BCUT2D eigenvalue weighted by atomic mass is 35.5. The number of rotatable bonds is 8. The first-order valence-electron chi connectivity index (χ1n) is 9.41. The van der Waals surface area contributed by atoms with Crippen LogP contribution in [0.1, 0.15) is 49.4 Å². The molecule has 1 amide bonds. The summed E-state index contributed by atoms with van der Waals surface area (Å²) in [7, 11) is 0. The van der Waals surface area contributed by atoms with Gasteiger partial charge in [-0.3, -0.25) is 9.59 Å². The number of hydrogen-bond donors (Lipinski definition) is 0. The zero-order valence-electron chi connectivity index (χ0n) is 15.5. The summed E-state index contributed by atoms with van der Waals surface area (Å²) in [5.74, 6) is 0.869. The maximum Gasteiger partial charge on any atom is 0.223 e. The Hall–Kier alpha value is -1.59. The average molecular weight is 381 g/mol. The van der Waals surface area contributed by atoms with Crippen LogP contribution in [0.5, 0.6) is 5.75 Å². The molecule has 3 rings (SSSR count). The van der Waals surface area contributed by atoms with E-state index in [1.54, 1.807) is 17.0 Å². The van der Waals surface area contributed by atoms with Gasteiger partial charge in [0.25, 0.3) is 0 Å². The number of hydrogen-bond acceptors (Lipinski definition) is 4. The van der Waals surface area contributed by atoms with Crippen LogP contribution in [0, 0.1) is 0 Å². The van der Waals surface area contributed by atoms with E-state index in [9.17, 15) is 9.59 Å².